The van der Waals surface area contributed by atoms with Crippen LogP contribution in [0.25, 0.3) is 0 Å². The van der Waals surface area contributed by atoms with Crippen molar-refractivity contribution in [2.75, 3.05) is 5.32 Å². The first-order valence-corrected chi connectivity index (χ1v) is 5.33. The summed E-state index contributed by atoms with van der Waals surface area (Å²) in [5, 5.41) is 13.0. The molecular formula is C12H12F2N2O2. The summed E-state index contributed by atoms with van der Waals surface area (Å²) >= 11 is 0. The van der Waals surface area contributed by atoms with Crippen LogP contribution in [0, 0.1) is 34.1 Å². The second-order valence-corrected chi connectivity index (χ2v) is 3.70. The summed E-state index contributed by atoms with van der Waals surface area (Å²) in [5.41, 5.74) is -1.01. The molecule has 0 bridgehead atoms. The number of hydrogen-bond acceptors (Lipinski definition) is 3. The highest BCUT2D eigenvalue weighted by Gasteiger charge is 2.18. The van der Waals surface area contributed by atoms with Gasteiger partial charge in [0.25, 0.3) is 5.69 Å². The molecule has 0 fully saturated rings. The summed E-state index contributed by atoms with van der Waals surface area (Å²) in [6.45, 7) is 1.82. The zero-order valence-corrected chi connectivity index (χ0v) is 9.74. The number of terminal acetylenes is 1. The quantitative estimate of drug-likeness (QED) is 0.499. The Labute approximate surface area is 103 Å². The van der Waals surface area contributed by atoms with Crippen molar-refractivity contribution >= 4 is 11.4 Å². The third-order valence-corrected chi connectivity index (χ3v) is 2.44. The average molecular weight is 254 g/mol. The largest absolute Gasteiger partial charge is 0.377 e. The molecule has 0 aliphatic carbocycles. The van der Waals surface area contributed by atoms with Gasteiger partial charge in [-0.1, -0.05) is 6.92 Å². The molecule has 0 radical (unpaired) electrons. The van der Waals surface area contributed by atoms with Gasteiger partial charge in [-0.05, 0) is 6.42 Å². The molecule has 0 aliphatic heterocycles. The lowest BCUT2D eigenvalue weighted by Gasteiger charge is -2.16. The Morgan fingerprint density at radius 3 is 2.44 bits per heavy atom. The molecule has 1 unspecified atom stereocenters. The first-order valence-electron chi connectivity index (χ1n) is 5.33. The molecule has 6 heteroatoms. The summed E-state index contributed by atoms with van der Waals surface area (Å²) in [5.74, 6) is 0.387. The third kappa shape index (κ3) is 3.17. The van der Waals surface area contributed by atoms with E-state index in [-0.39, 0.29) is 11.7 Å². The van der Waals surface area contributed by atoms with Crippen molar-refractivity contribution in [1.29, 1.82) is 0 Å². The molecule has 18 heavy (non-hydrogen) atoms. The van der Waals surface area contributed by atoms with Crippen molar-refractivity contribution < 1.29 is 13.7 Å². The molecule has 1 aromatic rings. The van der Waals surface area contributed by atoms with Crippen molar-refractivity contribution in [3.63, 3.8) is 0 Å². The van der Waals surface area contributed by atoms with Crippen LogP contribution in [-0.4, -0.2) is 11.0 Å². The van der Waals surface area contributed by atoms with E-state index in [1.165, 1.54) is 0 Å². The monoisotopic (exact) mass is 254 g/mol. The van der Waals surface area contributed by atoms with Gasteiger partial charge in [-0.25, -0.2) is 8.78 Å². The number of hydrogen-bond donors (Lipinski definition) is 1. The highest BCUT2D eigenvalue weighted by Crippen LogP contribution is 2.26. The molecule has 0 saturated carbocycles. The first kappa shape index (κ1) is 13.9. The summed E-state index contributed by atoms with van der Waals surface area (Å²) in [4.78, 5) is 9.57. The van der Waals surface area contributed by atoms with E-state index in [0.717, 1.165) is 0 Å². The minimum atomic E-state index is -1.00. The molecule has 1 N–H and O–H groups in total. The maximum atomic E-state index is 13.5. The van der Waals surface area contributed by atoms with Crippen LogP contribution in [0.15, 0.2) is 12.1 Å². The van der Waals surface area contributed by atoms with E-state index < -0.39 is 22.2 Å². The predicted octanol–water partition coefficient (Wildman–Crippen LogP) is 3.09. The molecule has 1 rings (SSSR count). The van der Waals surface area contributed by atoms with Crippen LogP contribution < -0.4 is 5.32 Å². The van der Waals surface area contributed by atoms with E-state index in [4.69, 9.17) is 6.42 Å². The van der Waals surface area contributed by atoms with Crippen LogP contribution >= 0.6 is 0 Å². The summed E-state index contributed by atoms with van der Waals surface area (Å²) in [7, 11) is 0. The Kier molecular flexibility index (Phi) is 4.60. The average Bonchev–Trinajstić information content (AvgIpc) is 2.31. The molecule has 0 aliphatic rings. The molecule has 1 aromatic carbocycles. The fourth-order valence-electron chi connectivity index (χ4n) is 1.45. The number of nitrogens with one attached hydrogen (secondary N) is 1. The standard InChI is InChI=1S/C12H12F2N2O2/c1-3-5-8(4-2)15-12-10(13)6-9(16(17)18)7-11(12)14/h1,6-8,15H,4-5H2,2H3. The topological polar surface area (TPSA) is 55.2 Å². The molecule has 0 spiro atoms. The summed E-state index contributed by atoms with van der Waals surface area (Å²) < 4.78 is 27.1. The summed E-state index contributed by atoms with van der Waals surface area (Å²) in [6.07, 6.45) is 6.03. The van der Waals surface area contributed by atoms with Gasteiger partial charge in [-0.2, -0.15) is 0 Å². The van der Waals surface area contributed by atoms with E-state index in [0.29, 0.717) is 25.0 Å². The van der Waals surface area contributed by atoms with Gasteiger partial charge in [0, 0.05) is 12.5 Å². The lowest BCUT2D eigenvalue weighted by Crippen LogP contribution is -2.19. The van der Waals surface area contributed by atoms with Gasteiger partial charge >= 0.3 is 0 Å². The SMILES string of the molecule is C#CCC(CC)Nc1c(F)cc([N+](=O)[O-])cc1F. The van der Waals surface area contributed by atoms with Crippen LogP contribution in [0.1, 0.15) is 19.8 Å². The van der Waals surface area contributed by atoms with Crippen molar-refractivity contribution in [3.05, 3.63) is 33.9 Å². The van der Waals surface area contributed by atoms with Crippen LogP contribution in [-0.2, 0) is 0 Å². The van der Waals surface area contributed by atoms with Crippen molar-refractivity contribution in [3.8, 4) is 12.3 Å². The Hall–Kier alpha value is -2.16. The number of rotatable bonds is 5. The van der Waals surface area contributed by atoms with E-state index >= 15 is 0 Å². The minimum Gasteiger partial charge on any atom is -0.377 e. The van der Waals surface area contributed by atoms with Gasteiger partial charge in [0.1, 0.15) is 5.69 Å². The van der Waals surface area contributed by atoms with Crippen LogP contribution in [0.2, 0.25) is 0 Å². The fourth-order valence-corrected chi connectivity index (χ4v) is 1.45. The third-order valence-electron chi connectivity index (χ3n) is 2.44. The van der Waals surface area contributed by atoms with Crippen LogP contribution in [0.4, 0.5) is 20.2 Å². The lowest BCUT2D eigenvalue weighted by atomic mass is 10.1. The van der Waals surface area contributed by atoms with Gasteiger partial charge in [0.2, 0.25) is 0 Å². The van der Waals surface area contributed by atoms with Crippen LogP contribution in [0.3, 0.4) is 0 Å². The number of non-ortho nitro benzene ring substituents is 1. The smallest absolute Gasteiger partial charge is 0.275 e. The lowest BCUT2D eigenvalue weighted by molar-refractivity contribution is -0.385. The molecule has 4 nitrogen and oxygen atoms in total. The second kappa shape index (κ2) is 5.96. The Morgan fingerprint density at radius 2 is 2.06 bits per heavy atom. The number of benzene rings is 1. The molecule has 0 saturated heterocycles. The second-order valence-electron chi connectivity index (χ2n) is 3.70. The molecular weight excluding hydrogens is 242 g/mol. The van der Waals surface area contributed by atoms with Gasteiger partial charge in [-0.15, -0.1) is 12.3 Å². The highest BCUT2D eigenvalue weighted by atomic mass is 19.1. The van der Waals surface area contributed by atoms with Gasteiger partial charge in [-0.3, -0.25) is 10.1 Å². The maximum absolute atomic E-state index is 13.5. The Morgan fingerprint density at radius 1 is 1.50 bits per heavy atom. The van der Waals surface area contributed by atoms with Gasteiger partial charge in [0.05, 0.1) is 17.1 Å². The number of anilines is 1. The maximum Gasteiger partial charge on any atom is 0.275 e. The zero-order chi connectivity index (χ0) is 13.7. The molecule has 0 heterocycles. The molecule has 0 amide bonds. The Bertz CT molecular complexity index is 474. The van der Waals surface area contributed by atoms with Crippen molar-refractivity contribution in [2.45, 2.75) is 25.8 Å². The van der Waals surface area contributed by atoms with E-state index in [1.54, 1.807) is 0 Å². The van der Waals surface area contributed by atoms with Gasteiger partial charge in [0.15, 0.2) is 11.6 Å². The van der Waals surface area contributed by atoms with Crippen LogP contribution in [0.5, 0.6) is 0 Å². The number of nitrogens with zero attached hydrogens (tertiary/aromatic N) is 1. The minimum absolute atomic E-state index is 0.277. The van der Waals surface area contributed by atoms with E-state index in [2.05, 4.69) is 11.2 Å². The summed E-state index contributed by atoms with van der Waals surface area (Å²) in [6, 6.07) is 1.07. The molecule has 1 atom stereocenters. The fraction of sp³-hybridized carbons (Fsp3) is 0.333. The Balaban J connectivity index is 3.03. The van der Waals surface area contributed by atoms with E-state index in [1.807, 2.05) is 6.92 Å². The normalized spacial score (nSPS) is 11.7. The number of nitro benzene ring substituents is 1. The van der Waals surface area contributed by atoms with Gasteiger partial charge < -0.3 is 5.32 Å². The zero-order valence-electron chi connectivity index (χ0n) is 9.74. The highest BCUT2D eigenvalue weighted by molar-refractivity contribution is 5.52. The predicted molar refractivity (Wildman–Crippen MR) is 64.2 cm³/mol. The van der Waals surface area contributed by atoms with Crippen molar-refractivity contribution in [1.82, 2.24) is 0 Å². The number of halogens is 2. The molecule has 0 aromatic heterocycles. The molecule has 96 valence electrons. The van der Waals surface area contributed by atoms with E-state index in [9.17, 15) is 18.9 Å². The first-order chi connectivity index (χ1) is 8.49. The van der Waals surface area contributed by atoms with Crippen molar-refractivity contribution in [2.24, 2.45) is 0 Å². The number of nitro groups is 1.